The fourth-order valence-electron chi connectivity index (χ4n) is 3.49. The van der Waals surface area contributed by atoms with Crippen LogP contribution in [0.4, 0.5) is 4.39 Å². The van der Waals surface area contributed by atoms with E-state index in [4.69, 9.17) is 25.2 Å². The molecule has 0 saturated heterocycles. The summed E-state index contributed by atoms with van der Waals surface area (Å²) in [6.45, 7) is 1.99. The molecule has 0 amide bonds. The second kappa shape index (κ2) is 9.36. The van der Waals surface area contributed by atoms with Gasteiger partial charge < -0.3 is 13.6 Å². The van der Waals surface area contributed by atoms with Gasteiger partial charge in [-0.05, 0) is 48.7 Å². The first-order valence-corrected chi connectivity index (χ1v) is 10.2. The third-order valence-electron chi connectivity index (χ3n) is 5.00. The number of alkyl halides is 1. The molecule has 6 nitrogen and oxygen atoms in total. The van der Waals surface area contributed by atoms with E-state index in [0.29, 0.717) is 48.0 Å². The van der Waals surface area contributed by atoms with E-state index in [1.807, 2.05) is 12.1 Å². The number of rotatable bonds is 10. The van der Waals surface area contributed by atoms with Gasteiger partial charge in [-0.3, -0.25) is 14.3 Å². The molecule has 1 N–H and O–H groups in total. The molecule has 0 bridgehead atoms. The van der Waals surface area contributed by atoms with Gasteiger partial charge in [0.2, 0.25) is 0 Å². The minimum Gasteiger partial charge on any atom is -0.488 e. The average Bonchev–Trinajstić information content (AvgIpc) is 3.32. The standard InChI is InChI=1S/C22H22ClFN2O4/c23-16-5-6-19-17(13-16)15(14-29-19)7-10-26(9-2-8-24)11-12-28-20-4-1-3-18-21(20)30-22(27)25-18/h1,3-6,13-14H,2,7-12H2,(H,25,27). The number of aromatic nitrogens is 1. The van der Waals surface area contributed by atoms with Crippen molar-refractivity contribution in [2.45, 2.75) is 12.8 Å². The molecule has 158 valence electrons. The summed E-state index contributed by atoms with van der Waals surface area (Å²) in [5.41, 5.74) is 2.86. The molecule has 0 saturated carbocycles. The SMILES string of the molecule is O=c1[nH]c2cccc(OCCN(CCCF)CCc3coc4ccc(Cl)cc34)c2o1. The number of nitrogens with zero attached hydrogens (tertiary/aromatic N) is 1. The zero-order valence-corrected chi connectivity index (χ0v) is 17.1. The molecule has 30 heavy (non-hydrogen) atoms. The molecule has 0 spiro atoms. The lowest BCUT2D eigenvalue weighted by Gasteiger charge is -2.21. The molecule has 0 aliphatic carbocycles. The van der Waals surface area contributed by atoms with Gasteiger partial charge in [0.15, 0.2) is 11.3 Å². The maximum atomic E-state index is 12.8. The summed E-state index contributed by atoms with van der Waals surface area (Å²) >= 11 is 6.11. The van der Waals surface area contributed by atoms with E-state index in [1.54, 1.807) is 30.5 Å². The Labute approximate surface area is 177 Å². The van der Waals surface area contributed by atoms with Crippen molar-refractivity contribution in [1.29, 1.82) is 0 Å². The van der Waals surface area contributed by atoms with Crippen LogP contribution in [0.3, 0.4) is 0 Å². The Hall–Kier alpha value is -2.77. The van der Waals surface area contributed by atoms with E-state index in [2.05, 4.69) is 9.88 Å². The molecule has 0 aliphatic rings. The Morgan fingerprint density at radius 3 is 2.93 bits per heavy atom. The Bertz CT molecular complexity index is 1180. The van der Waals surface area contributed by atoms with E-state index in [9.17, 15) is 9.18 Å². The number of hydrogen-bond acceptors (Lipinski definition) is 5. The largest absolute Gasteiger partial charge is 0.488 e. The first-order chi connectivity index (χ1) is 14.6. The summed E-state index contributed by atoms with van der Waals surface area (Å²) in [6, 6.07) is 10.9. The van der Waals surface area contributed by atoms with Crippen molar-refractivity contribution in [1.82, 2.24) is 9.88 Å². The molecule has 8 heteroatoms. The van der Waals surface area contributed by atoms with Crippen molar-refractivity contribution in [2.24, 2.45) is 0 Å². The molecule has 0 radical (unpaired) electrons. The quantitative estimate of drug-likeness (QED) is 0.389. The Balaban J connectivity index is 1.38. The van der Waals surface area contributed by atoms with Gasteiger partial charge in [0.25, 0.3) is 0 Å². The van der Waals surface area contributed by atoms with Crippen LogP contribution in [0.15, 0.2) is 56.3 Å². The van der Waals surface area contributed by atoms with Crippen LogP contribution < -0.4 is 10.5 Å². The van der Waals surface area contributed by atoms with Crippen LogP contribution in [0.2, 0.25) is 5.02 Å². The molecular weight excluding hydrogens is 411 g/mol. The maximum Gasteiger partial charge on any atom is 0.417 e. The number of hydrogen-bond donors (Lipinski definition) is 1. The monoisotopic (exact) mass is 432 g/mol. The summed E-state index contributed by atoms with van der Waals surface area (Å²) in [5.74, 6) is -0.00942. The molecule has 2 aromatic heterocycles. The molecular formula is C22H22ClFN2O4. The number of furan rings is 1. The van der Waals surface area contributed by atoms with Crippen LogP contribution in [0, 0.1) is 0 Å². The highest BCUT2D eigenvalue weighted by Gasteiger charge is 2.12. The molecule has 0 aliphatic heterocycles. The number of oxazole rings is 1. The predicted molar refractivity (Wildman–Crippen MR) is 114 cm³/mol. The second-order valence-electron chi connectivity index (χ2n) is 7.03. The van der Waals surface area contributed by atoms with Crippen molar-refractivity contribution >= 4 is 33.7 Å². The van der Waals surface area contributed by atoms with Gasteiger partial charge in [0.05, 0.1) is 18.5 Å². The lowest BCUT2D eigenvalue weighted by atomic mass is 10.1. The number of fused-ring (bicyclic) bond motifs is 2. The molecule has 2 heterocycles. The van der Waals surface area contributed by atoms with Crippen molar-refractivity contribution < 1.29 is 18.0 Å². The average molecular weight is 433 g/mol. The van der Waals surface area contributed by atoms with Crippen molar-refractivity contribution in [3.8, 4) is 5.75 Å². The maximum absolute atomic E-state index is 12.8. The fourth-order valence-corrected chi connectivity index (χ4v) is 3.66. The number of halogens is 2. The first-order valence-electron chi connectivity index (χ1n) is 9.82. The number of aromatic amines is 1. The zero-order chi connectivity index (χ0) is 20.9. The van der Waals surface area contributed by atoms with Crippen molar-refractivity contribution in [3.05, 3.63) is 63.8 Å². The summed E-state index contributed by atoms with van der Waals surface area (Å²) in [7, 11) is 0. The number of para-hydroxylation sites is 1. The highest BCUT2D eigenvalue weighted by atomic mass is 35.5. The summed E-state index contributed by atoms with van der Waals surface area (Å²) in [4.78, 5) is 16.2. The zero-order valence-electron chi connectivity index (χ0n) is 16.3. The lowest BCUT2D eigenvalue weighted by molar-refractivity contribution is 0.204. The van der Waals surface area contributed by atoms with Crippen LogP contribution in [-0.2, 0) is 6.42 Å². The summed E-state index contributed by atoms with van der Waals surface area (Å²) in [6.07, 6.45) is 2.96. The molecule has 0 fully saturated rings. The van der Waals surface area contributed by atoms with Gasteiger partial charge in [-0.15, -0.1) is 0 Å². The number of H-pyrrole nitrogens is 1. The lowest BCUT2D eigenvalue weighted by Crippen LogP contribution is -2.31. The second-order valence-corrected chi connectivity index (χ2v) is 7.47. The summed E-state index contributed by atoms with van der Waals surface area (Å²) in [5, 5.41) is 1.66. The minimum absolute atomic E-state index is 0.366. The molecule has 4 aromatic rings. The normalized spacial score (nSPS) is 11.7. The number of ether oxygens (including phenoxy) is 1. The van der Waals surface area contributed by atoms with Gasteiger partial charge >= 0.3 is 5.76 Å². The van der Waals surface area contributed by atoms with Crippen molar-refractivity contribution in [3.63, 3.8) is 0 Å². The van der Waals surface area contributed by atoms with Gasteiger partial charge in [-0.2, -0.15) is 0 Å². The third-order valence-corrected chi connectivity index (χ3v) is 5.23. The highest BCUT2D eigenvalue weighted by Crippen LogP contribution is 2.25. The van der Waals surface area contributed by atoms with E-state index in [-0.39, 0.29) is 6.67 Å². The summed E-state index contributed by atoms with van der Waals surface area (Å²) < 4.78 is 29.3. The van der Waals surface area contributed by atoms with Gasteiger partial charge in [0.1, 0.15) is 12.2 Å². The van der Waals surface area contributed by atoms with E-state index >= 15 is 0 Å². The van der Waals surface area contributed by atoms with E-state index in [0.717, 1.165) is 29.5 Å². The molecule has 4 rings (SSSR count). The molecule has 0 unspecified atom stereocenters. The van der Waals surface area contributed by atoms with Crippen LogP contribution in [0.1, 0.15) is 12.0 Å². The van der Waals surface area contributed by atoms with Crippen LogP contribution in [0.5, 0.6) is 5.75 Å². The van der Waals surface area contributed by atoms with E-state index < -0.39 is 5.76 Å². The Morgan fingerprint density at radius 2 is 2.07 bits per heavy atom. The Morgan fingerprint density at radius 1 is 1.17 bits per heavy atom. The van der Waals surface area contributed by atoms with Gasteiger partial charge in [-0.25, -0.2) is 4.79 Å². The predicted octanol–water partition coefficient (Wildman–Crippen LogP) is 4.80. The molecule has 0 atom stereocenters. The highest BCUT2D eigenvalue weighted by molar-refractivity contribution is 6.31. The first kappa shape index (κ1) is 20.5. The number of nitrogens with one attached hydrogen (secondary N) is 1. The van der Waals surface area contributed by atoms with Gasteiger partial charge in [-0.1, -0.05) is 17.7 Å². The minimum atomic E-state index is -0.516. The molecule has 2 aromatic carbocycles. The van der Waals surface area contributed by atoms with Crippen LogP contribution in [0.25, 0.3) is 22.1 Å². The smallest absolute Gasteiger partial charge is 0.417 e. The number of benzene rings is 2. The van der Waals surface area contributed by atoms with Crippen LogP contribution >= 0.6 is 11.6 Å². The van der Waals surface area contributed by atoms with Crippen LogP contribution in [-0.4, -0.2) is 42.8 Å². The third kappa shape index (κ3) is 4.68. The van der Waals surface area contributed by atoms with Crippen molar-refractivity contribution in [2.75, 3.05) is 32.9 Å². The topological polar surface area (TPSA) is 71.6 Å². The fraction of sp³-hybridized carbons (Fsp3) is 0.318. The van der Waals surface area contributed by atoms with E-state index in [1.165, 1.54) is 0 Å². The Kier molecular flexibility index (Phi) is 6.40. The van der Waals surface area contributed by atoms with Gasteiger partial charge in [0, 0.05) is 30.0 Å².